The van der Waals surface area contributed by atoms with Crippen LogP contribution >= 0.6 is 15.9 Å². The van der Waals surface area contributed by atoms with Gasteiger partial charge in [0.1, 0.15) is 0 Å². The van der Waals surface area contributed by atoms with Gasteiger partial charge in [-0.3, -0.25) is 4.79 Å². The Morgan fingerprint density at radius 1 is 1.28 bits per heavy atom. The first-order valence-corrected chi connectivity index (χ1v) is 7.08. The largest absolute Gasteiger partial charge is 0.466 e. The highest BCUT2D eigenvalue weighted by molar-refractivity contribution is 9.10. The SMILES string of the molecule is CCOC(=O)[C@H]1CC=CC[C@@H]1c1ccc(Br)cc1. The average Bonchev–Trinajstić information content (AvgIpc) is 2.40. The molecule has 0 N–H and O–H groups in total. The van der Waals surface area contributed by atoms with Gasteiger partial charge in [-0.1, -0.05) is 40.2 Å². The van der Waals surface area contributed by atoms with Gasteiger partial charge in [-0.2, -0.15) is 0 Å². The molecule has 0 unspecified atom stereocenters. The summed E-state index contributed by atoms with van der Waals surface area (Å²) >= 11 is 3.43. The molecule has 1 aliphatic carbocycles. The predicted octanol–water partition coefficient (Wildman–Crippen LogP) is 4.06. The smallest absolute Gasteiger partial charge is 0.309 e. The van der Waals surface area contributed by atoms with E-state index in [0.29, 0.717) is 6.61 Å². The summed E-state index contributed by atoms with van der Waals surface area (Å²) in [6.45, 7) is 2.30. The number of rotatable bonds is 3. The molecule has 1 aliphatic rings. The minimum Gasteiger partial charge on any atom is -0.466 e. The van der Waals surface area contributed by atoms with E-state index in [-0.39, 0.29) is 17.8 Å². The molecule has 2 atom stereocenters. The van der Waals surface area contributed by atoms with Crippen LogP contribution in [0.1, 0.15) is 31.2 Å². The van der Waals surface area contributed by atoms with Crippen molar-refractivity contribution >= 4 is 21.9 Å². The molecule has 18 heavy (non-hydrogen) atoms. The quantitative estimate of drug-likeness (QED) is 0.621. The number of hydrogen-bond donors (Lipinski definition) is 0. The molecule has 0 spiro atoms. The Kier molecular flexibility index (Phi) is 4.59. The molecule has 1 aromatic rings. The molecule has 0 fully saturated rings. The molecule has 96 valence electrons. The minimum absolute atomic E-state index is 0.0453. The van der Waals surface area contributed by atoms with Crippen LogP contribution in [-0.2, 0) is 9.53 Å². The van der Waals surface area contributed by atoms with Crippen LogP contribution < -0.4 is 0 Å². The Morgan fingerprint density at radius 2 is 1.94 bits per heavy atom. The lowest BCUT2D eigenvalue weighted by atomic mass is 9.78. The Hall–Kier alpha value is -1.09. The van der Waals surface area contributed by atoms with Crippen molar-refractivity contribution in [3.8, 4) is 0 Å². The number of ether oxygens (including phenoxy) is 1. The fourth-order valence-electron chi connectivity index (χ4n) is 2.40. The molecule has 0 saturated carbocycles. The summed E-state index contributed by atoms with van der Waals surface area (Å²) in [6.07, 6.45) is 5.92. The van der Waals surface area contributed by atoms with Crippen molar-refractivity contribution in [1.82, 2.24) is 0 Å². The highest BCUT2D eigenvalue weighted by atomic mass is 79.9. The van der Waals surface area contributed by atoms with Crippen LogP contribution in [-0.4, -0.2) is 12.6 Å². The molecule has 0 aromatic heterocycles. The monoisotopic (exact) mass is 308 g/mol. The van der Waals surface area contributed by atoms with E-state index in [4.69, 9.17) is 4.74 Å². The molecular formula is C15H17BrO2. The summed E-state index contributed by atoms with van der Waals surface area (Å²) in [6, 6.07) is 8.21. The van der Waals surface area contributed by atoms with Crippen LogP contribution in [0.4, 0.5) is 0 Å². The Morgan fingerprint density at radius 3 is 2.61 bits per heavy atom. The zero-order valence-electron chi connectivity index (χ0n) is 10.4. The molecule has 0 amide bonds. The lowest BCUT2D eigenvalue weighted by molar-refractivity contribution is -0.148. The number of esters is 1. The second-order valence-electron chi connectivity index (χ2n) is 4.46. The highest BCUT2D eigenvalue weighted by Gasteiger charge is 2.30. The maximum Gasteiger partial charge on any atom is 0.309 e. The van der Waals surface area contributed by atoms with E-state index < -0.39 is 0 Å². The van der Waals surface area contributed by atoms with Crippen molar-refractivity contribution in [3.63, 3.8) is 0 Å². The zero-order chi connectivity index (χ0) is 13.0. The number of carbonyl (C=O) groups excluding carboxylic acids is 1. The summed E-state index contributed by atoms with van der Waals surface area (Å²) in [5.41, 5.74) is 1.21. The fourth-order valence-corrected chi connectivity index (χ4v) is 2.67. The van der Waals surface area contributed by atoms with Gasteiger partial charge in [0, 0.05) is 10.4 Å². The van der Waals surface area contributed by atoms with E-state index in [1.807, 2.05) is 19.1 Å². The summed E-state index contributed by atoms with van der Waals surface area (Å²) in [5, 5.41) is 0. The van der Waals surface area contributed by atoms with Gasteiger partial charge in [-0.15, -0.1) is 0 Å². The van der Waals surface area contributed by atoms with E-state index in [1.54, 1.807) is 0 Å². The van der Waals surface area contributed by atoms with E-state index in [2.05, 4.69) is 40.2 Å². The zero-order valence-corrected chi connectivity index (χ0v) is 12.0. The third-order valence-electron chi connectivity index (χ3n) is 3.32. The van der Waals surface area contributed by atoms with Crippen molar-refractivity contribution in [1.29, 1.82) is 0 Å². The maximum atomic E-state index is 12.0. The van der Waals surface area contributed by atoms with Crippen molar-refractivity contribution in [2.45, 2.75) is 25.7 Å². The van der Waals surface area contributed by atoms with Gasteiger partial charge in [-0.05, 0) is 37.5 Å². The van der Waals surface area contributed by atoms with Gasteiger partial charge < -0.3 is 4.74 Å². The van der Waals surface area contributed by atoms with Crippen molar-refractivity contribution in [2.24, 2.45) is 5.92 Å². The molecule has 0 radical (unpaired) electrons. The summed E-state index contributed by atoms with van der Waals surface area (Å²) in [7, 11) is 0. The first-order chi connectivity index (χ1) is 8.72. The summed E-state index contributed by atoms with van der Waals surface area (Å²) in [4.78, 5) is 12.0. The van der Waals surface area contributed by atoms with Crippen LogP contribution in [0, 0.1) is 5.92 Å². The van der Waals surface area contributed by atoms with Gasteiger partial charge in [-0.25, -0.2) is 0 Å². The van der Waals surface area contributed by atoms with E-state index in [9.17, 15) is 4.79 Å². The van der Waals surface area contributed by atoms with E-state index in [0.717, 1.165) is 17.3 Å². The molecule has 0 saturated heterocycles. The van der Waals surface area contributed by atoms with Crippen LogP contribution in [0.15, 0.2) is 40.9 Å². The van der Waals surface area contributed by atoms with Gasteiger partial charge in [0.2, 0.25) is 0 Å². The standard InChI is InChI=1S/C15H17BrO2/c1-2-18-15(17)14-6-4-3-5-13(14)11-7-9-12(16)10-8-11/h3-4,7-10,13-14H,2,5-6H2,1H3/t13-,14+/m1/s1. The highest BCUT2D eigenvalue weighted by Crippen LogP contribution is 2.35. The Balaban J connectivity index is 2.20. The molecule has 2 nitrogen and oxygen atoms in total. The average molecular weight is 309 g/mol. The fraction of sp³-hybridized carbons (Fsp3) is 0.400. The molecule has 0 heterocycles. The third-order valence-corrected chi connectivity index (χ3v) is 3.85. The first-order valence-electron chi connectivity index (χ1n) is 6.29. The van der Waals surface area contributed by atoms with Crippen LogP contribution in [0.25, 0.3) is 0 Å². The number of carbonyl (C=O) groups is 1. The lowest BCUT2D eigenvalue weighted by Crippen LogP contribution is -2.25. The number of allylic oxidation sites excluding steroid dienone is 2. The Bertz CT molecular complexity index is 436. The van der Waals surface area contributed by atoms with E-state index in [1.165, 1.54) is 5.56 Å². The lowest BCUT2D eigenvalue weighted by Gasteiger charge is -2.27. The topological polar surface area (TPSA) is 26.3 Å². The molecule has 0 bridgehead atoms. The number of benzene rings is 1. The van der Waals surface area contributed by atoms with Gasteiger partial charge >= 0.3 is 5.97 Å². The van der Waals surface area contributed by atoms with Crippen LogP contribution in [0.3, 0.4) is 0 Å². The van der Waals surface area contributed by atoms with Gasteiger partial charge in [0.05, 0.1) is 12.5 Å². The maximum absolute atomic E-state index is 12.0. The van der Waals surface area contributed by atoms with E-state index >= 15 is 0 Å². The second-order valence-corrected chi connectivity index (χ2v) is 5.38. The molecule has 3 heteroatoms. The minimum atomic E-state index is -0.0743. The van der Waals surface area contributed by atoms with Crippen molar-refractivity contribution in [2.75, 3.05) is 6.61 Å². The predicted molar refractivity (Wildman–Crippen MR) is 75.4 cm³/mol. The van der Waals surface area contributed by atoms with Crippen LogP contribution in [0.5, 0.6) is 0 Å². The second kappa shape index (κ2) is 6.19. The molecule has 0 aliphatic heterocycles. The number of halogens is 1. The van der Waals surface area contributed by atoms with Crippen LogP contribution in [0.2, 0.25) is 0 Å². The molecular weight excluding hydrogens is 292 g/mol. The normalized spacial score (nSPS) is 22.8. The summed E-state index contributed by atoms with van der Waals surface area (Å²) in [5.74, 6) is 0.119. The van der Waals surface area contributed by atoms with Crippen molar-refractivity contribution < 1.29 is 9.53 Å². The Labute approximate surface area is 116 Å². The number of hydrogen-bond acceptors (Lipinski definition) is 2. The molecule has 1 aromatic carbocycles. The van der Waals surface area contributed by atoms with Gasteiger partial charge in [0.25, 0.3) is 0 Å². The van der Waals surface area contributed by atoms with Gasteiger partial charge in [0.15, 0.2) is 0 Å². The van der Waals surface area contributed by atoms with Crippen molar-refractivity contribution in [3.05, 3.63) is 46.5 Å². The first kappa shape index (κ1) is 13.3. The summed E-state index contributed by atoms with van der Waals surface area (Å²) < 4.78 is 6.24. The third kappa shape index (κ3) is 3.02. The molecule has 2 rings (SSSR count).